The highest BCUT2D eigenvalue weighted by Gasteiger charge is 2.18. The lowest BCUT2D eigenvalue weighted by Crippen LogP contribution is -2.23. The number of pyridine rings is 1. The monoisotopic (exact) mass is 508 g/mol. The van der Waals surface area contributed by atoms with Crippen molar-refractivity contribution < 1.29 is 13.9 Å². The second kappa shape index (κ2) is 9.28. The third-order valence-electron chi connectivity index (χ3n) is 6.22. The van der Waals surface area contributed by atoms with Crippen LogP contribution in [-0.2, 0) is 6.54 Å². The smallest absolute Gasteiger partial charge is 0.255 e. The Bertz CT molecular complexity index is 1780. The third kappa shape index (κ3) is 4.05. The molecule has 0 bridgehead atoms. The van der Waals surface area contributed by atoms with Crippen molar-refractivity contribution in [3.63, 3.8) is 0 Å². The van der Waals surface area contributed by atoms with Crippen molar-refractivity contribution in [3.05, 3.63) is 90.1 Å². The number of rotatable bonds is 6. The second-order valence-corrected chi connectivity index (χ2v) is 8.56. The highest BCUT2D eigenvalue weighted by atomic mass is 19.1. The predicted octanol–water partition coefficient (Wildman–Crippen LogP) is 3.99. The Kier molecular flexibility index (Phi) is 5.64. The number of halogens is 1. The molecule has 6 aromatic rings. The molecule has 0 spiro atoms. The van der Waals surface area contributed by atoms with E-state index in [2.05, 4.69) is 25.6 Å². The van der Waals surface area contributed by atoms with Crippen LogP contribution >= 0.6 is 0 Å². The van der Waals surface area contributed by atoms with E-state index in [0.29, 0.717) is 34.0 Å². The summed E-state index contributed by atoms with van der Waals surface area (Å²) in [6, 6.07) is 15.0. The van der Waals surface area contributed by atoms with Crippen LogP contribution in [0.4, 0.5) is 10.2 Å². The van der Waals surface area contributed by atoms with Gasteiger partial charge in [-0.1, -0.05) is 24.3 Å². The number of nitrogens with two attached hydrogens (primary N) is 1. The molecule has 0 aliphatic heterocycles. The lowest BCUT2D eigenvalue weighted by atomic mass is 10.0. The molecule has 6 rings (SSSR count). The minimum atomic E-state index is -0.512. The van der Waals surface area contributed by atoms with Gasteiger partial charge in [-0.15, -0.1) is 0 Å². The quantitative estimate of drug-likeness (QED) is 0.309. The van der Waals surface area contributed by atoms with E-state index in [1.54, 1.807) is 16.9 Å². The molecule has 0 saturated carbocycles. The Morgan fingerprint density at radius 2 is 2.00 bits per heavy atom. The number of aromatic amines is 1. The first-order valence-corrected chi connectivity index (χ1v) is 11.7. The molecule has 0 fully saturated rings. The van der Waals surface area contributed by atoms with Crippen LogP contribution < -0.4 is 15.8 Å². The molecule has 0 aliphatic rings. The lowest BCUT2D eigenvalue weighted by molar-refractivity contribution is 0.0947. The first-order chi connectivity index (χ1) is 18.5. The summed E-state index contributed by atoms with van der Waals surface area (Å²) in [4.78, 5) is 21.6. The predicted molar refractivity (Wildman–Crippen MR) is 140 cm³/mol. The zero-order chi connectivity index (χ0) is 26.2. The fraction of sp³-hybridized carbons (Fsp3) is 0.0741. The van der Waals surface area contributed by atoms with Gasteiger partial charge in [-0.3, -0.25) is 14.9 Å². The Morgan fingerprint density at radius 1 is 1.16 bits per heavy atom. The summed E-state index contributed by atoms with van der Waals surface area (Å²) in [6.45, 7) is 0.246. The molecule has 10 nitrogen and oxygen atoms in total. The molecule has 0 aliphatic carbocycles. The number of aromatic nitrogens is 6. The van der Waals surface area contributed by atoms with Gasteiger partial charge in [0.2, 0.25) is 0 Å². The number of methoxy groups -OCH3 is 1. The van der Waals surface area contributed by atoms with Gasteiger partial charge in [-0.2, -0.15) is 10.2 Å². The third-order valence-corrected chi connectivity index (χ3v) is 6.22. The molecule has 4 heterocycles. The maximum absolute atomic E-state index is 13.6. The van der Waals surface area contributed by atoms with E-state index in [9.17, 15) is 9.18 Å². The zero-order valence-corrected chi connectivity index (χ0v) is 20.1. The molecule has 1 amide bonds. The fourth-order valence-electron chi connectivity index (χ4n) is 4.34. The molecular weight excluding hydrogens is 487 g/mol. The molecule has 188 valence electrons. The van der Waals surface area contributed by atoms with Crippen molar-refractivity contribution in [1.82, 2.24) is 35.1 Å². The van der Waals surface area contributed by atoms with Gasteiger partial charge in [0.1, 0.15) is 11.6 Å². The number of H-pyrrole nitrogens is 1. The summed E-state index contributed by atoms with van der Waals surface area (Å²) in [5, 5.41) is 15.3. The standard InChI is InChI=1S/C27H21FN8O2/c1-38-21-8-7-17(28)11-18(21)27(37)32-13-15-3-5-16(6-4-15)24-23-25(33-34-26(23)29)19(14-31-24)20-12-22-30-9-2-10-36(22)35-20/h2-12,14H,13H2,1H3,(H,32,37)(H3,29,33,34). The van der Waals surface area contributed by atoms with Crippen LogP contribution in [0.2, 0.25) is 0 Å². The number of nitrogens with zero attached hydrogens (tertiary/aromatic N) is 5. The number of benzene rings is 2. The number of fused-ring (bicyclic) bond motifs is 2. The minimum Gasteiger partial charge on any atom is -0.496 e. The van der Waals surface area contributed by atoms with E-state index in [1.165, 1.54) is 19.2 Å². The highest BCUT2D eigenvalue weighted by molar-refractivity contribution is 6.06. The summed E-state index contributed by atoms with van der Waals surface area (Å²) in [5.74, 6) is -0.318. The number of carbonyl (C=O) groups excluding carboxylic acids is 1. The van der Waals surface area contributed by atoms with Crippen molar-refractivity contribution in [2.75, 3.05) is 12.8 Å². The van der Waals surface area contributed by atoms with Gasteiger partial charge in [-0.25, -0.2) is 13.9 Å². The van der Waals surface area contributed by atoms with Gasteiger partial charge in [-0.05, 0) is 29.8 Å². The molecule has 0 radical (unpaired) electrons. The summed E-state index contributed by atoms with van der Waals surface area (Å²) in [6.07, 6.45) is 5.27. The van der Waals surface area contributed by atoms with Crippen molar-refractivity contribution in [1.29, 1.82) is 0 Å². The van der Waals surface area contributed by atoms with Crippen LogP contribution in [0.3, 0.4) is 0 Å². The summed E-state index contributed by atoms with van der Waals surface area (Å²) in [7, 11) is 1.43. The average Bonchev–Trinajstić information content (AvgIpc) is 3.55. The van der Waals surface area contributed by atoms with Crippen LogP contribution in [0.5, 0.6) is 5.75 Å². The largest absolute Gasteiger partial charge is 0.496 e. The van der Waals surface area contributed by atoms with E-state index in [4.69, 9.17) is 15.5 Å². The molecule has 2 aromatic carbocycles. The zero-order valence-electron chi connectivity index (χ0n) is 20.1. The van der Waals surface area contributed by atoms with Gasteiger partial charge < -0.3 is 15.8 Å². The molecular formula is C27H21FN8O2. The maximum atomic E-state index is 13.6. The van der Waals surface area contributed by atoms with Crippen LogP contribution in [0.1, 0.15) is 15.9 Å². The molecule has 4 N–H and O–H groups in total. The number of nitrogen functional groups attached to an aromatic ring is 1. The van der Waals surface area contributed by atoms with E-state index < -0.39 is 11.7 Å². The molecule has 0 unspecified atom stereocenters. The van der Waals surface area contributed by atoms with E-state index in [1.807, 2.05) is 42.6 Å². The first-order valence-electron chi connectivity index (χ1n) is 11.7. The Morgan fingerprint density at radius 3 is 2.79 bits per heavy atom. The van der Waals surface area contributed by atoms with Gasteiger partial charge in [0, 0.05) is 42.3 Å². The topological polar surface area (TPSA) is 136 Å². The van der Waals surface area contributed by atoms with Crippen LogP contribution in [0.25, 0.3) is 39.1 Å². The summed E-state index contributed by atoms with van der Waals surface area (Å²) < 4.78 is 20.5. The van der Waals surface area contributed by atoms with Gasteiger partial charge in [0.15, 0.2) is 11.5 Å². The average molecular weight is 509 g/mol. The molecule has 11 heteroatoms. The van der Waals surface area contributed by atoms with E-state index >= 15 is 0 Å². The van der Waals surface area contributed by atoms with Crippen molar-refractivity contribution >= 4 is 28.3 Å². The molecule has 4 aromatic heterocycles. The van der Waals surface area contributed by atoms with Crippen molar-refractivity contribution in [2.45, 2.75) is 6.54 Å². The van der Waals surface area contributed by atoms with Crippen molar-refractivity contribution in [3.8, 4) is 28.3 Å². The number of amides is 1. The number of hydrogen-bond donors (Lipinski definition) is 3. The maximum Gasteiger partial charge on any atom is 0.255 e. The molecule has 38 heavy (non-hydrogen) atoms. The fourth-order valence-corrected chi connectivity index (χ4v) is 4.34. The van der Waals surface area contributed by atoms with Gasteiger partial charge in [0.05, 0.1) is 35.0 Å². The number of anilines is 1. The Hall–Kier alpha value is -5.32. The minimum absolute atomic E-state index is 0.132. The Labute approximate surface area is 215 Å². The van der Waals surface area contributed by atoms with E-state index in [0.717, 1.165) is 28.3 Å². The normalized spacial score (nSPS) is 11.2. The number of carbonyl (C=O) groups is 1. The number of nitrogens with one attached hydrogen (secondary N) is 2. The van der Waals surface area contributed by atoms with E-state index in [-0.39, 0.29) is 12.1 Å². The molecule has 0 atom stereocenters. The van der Waals surface area contributed by atoms with Gasteiger partial charge >= 0.3 is 0 Å². The summed E-state index contributed by atoms with van der Waals surface area (Å²) >= 11 is 0. The van der Waals surface area contributed by atoms with Gasteiger partial charge in [0.25, 0.3) is 5.91 Å². The van der Waals surface area contributed by atoms with Crippen molar-refractivity contribution in [2.24, 2.45) is 0 Å². The first kappa shape index (κ1) is 23.1. The number of hydrogen-bond acceptors (Lipinski definition) is 7. The SMILES string of the molecule is COc1ccc(F)cc1C(=O)NCc1ccc(-c2ncc(-c3cc4ncccn4n3)c3[nH]nc(N)c23)cc1. The second-order valence-electron chi connectivity index (χ2n) is 8.56. The highest BCUT2D eigenvalue weighted by Crippen LogP contribution is 2.35. The van der Waals surface area contributed by atoms with Crippen LogP contribution in [0.15, 0.2) is 73.2 Å². The molecule has 0 saturated heterocycles. The van der Waals surface area contributed by atoms with Crippen LogP contribution in [0, 0.1) is 5.82 Å². The number of ether oxygens (including phenoxy) is 1. The Balaban J connectivity index is 1.27. The summed E-state index contributed by atoms with van der Waals surface area (Å²) in [5.41, 5.74) is 11.6. The van der Waals surface area contributed by atoms with Crippen LogP contribution in [-0.4, -0.2) is 42.8 Å². The lowest BCUT2D eigenvalue weighted by Gasteiger charge is -2.10.